The number of carboxylic acids is 1. The first-order valence-corrected chi connectivity index (χ1v) is 9.10. The highest BCUT2D eigenvalue weighted by molar-refractivity contribution is 5.89. The van der Waals surface area contributed by atoms with Crippen molar-refractivity contribution in [2.24, 2.45) is 0 Å². The van der Waals surface area contributed by atoms with Gasteiger partial charge in [0, 0.05) is 43.3 Å². The number of aromatic nitrogens is 3. The molecule has 6 nitrogen and oxygen atoms in total. The fourth-order valence-corrected chi connectivity index (χ4v) is 3.53. The molecule has 0 saturated carbocycles. The van der Waals surface area contributed by atoms with Crippen molar-refractivity contribution in [1.29, 1.82) is 0 Å². The molecule has 1 fully saturated rings. The first kappa shape index (κ1) is 17.4. The molecule has 3 heterocycles. The van der Waals surface area contributed by atoms with E-state index in [9.17, 15) is 9.90 Å². The van der Waals surface area contributed by atoms with E-state index in [2.05, 4.69) is 15.7 Å². The number of carboxylic acid groups (broad SMARTS) is 1. The molecule has 0 aliphatic carbocycles. The smallest absolute Gasteiger partial charge is 0.336 e. The lowest BCUT2D eigenvalue weighted by Crippen LogP contribution is -2.22. The maximum atomic E-state index is 11.6. The highest BCUT2D eigenvalue weighted by Gasteiger charge is 2.22. The first-order valence-electron chi connectivity index (χ1n) is 9.10. The van der Waals surface area contributed by atoms with E-state index in [1.165, 1.54) is 6.20 Å². The fraction of sp³-hybridized carbons (Fsp3) is 0.286. The summed E-state index contributed by atoms with van der Waals surface area (Å²) >= 11 is 0. The molecule has 0 spiro atoms. The van der Waals surface area contributed by atoms with Crippen LogP contribution in [0.1, 0.15) is 40.5 Å². The van der Waals surface area contributed by atoms with Gasteiger partial charge < -0.3 is 9.84 Å². The summed E-state index contributed by atoms with van der Waals surface area (Å²) in [7, 11) is 0. The average molecular weight is 363 g/mol. The van der Waals surface area contributed by atoms with Crippen LogP contribution in [0.15, 0.2) is 54.9 Å². The number of benzene rings is 1. The van der Waals surface area contributed by atoms with Crippen LogP contribution < -0.4 is 0 Å². The standard InChI is InChI=1S/C21H21N3O3/c25-21(26)19-6-9-22-14-16(19)12-18-13-20(15-4-2-1-3-5-15)23-24(18)17-7-10-27-11-8-17/h1-6,9,13-14,17H,7-8,10-12H2,(H,25,26). The van der Waals surface area contributed by atoms with Crippen LogP contribution in [-0.2, 0) is 11.2 Å². The summed E-state index contributed by atoms with van der Waals surface area (Å²) in [6.45, 7) is 1.44. The van der Waals surface area contributed by atoms with Gasteiger partial charge in [-0.15, -0.1) is 0 Å². The van der Waals surface area contributed by atoms with Crippen LogP contribution >= 0.6 is 0 Å². The Labute approximate surface area is 157 Å². The Morgan fingerprint density at radius 3 is 2.70 bits per heavy atom. The molecule has 3 aromatic rings. The molecule has 138 valence electrons. The summed E-state index contributed by atoms with van der Waals surface area (Å²) in [6.07, 6.45) is 5.43. The molecule has 0 amide bonds. The zero-order valence-electron chi connectivity index (χ0n) is 14.9. The molecule has 1 aromatic carbocycles. The maximum Gasteiger partial charge on any atom is 0.336 e. The molecule has 1 N–H and O–H groups in total. The molecule has 0 radical (unpaired) electrons. The van der Waals surface area contributed by atoms with Gasteiger partial charge in [0.2, 0.25) is 0 Å². The van der Waals surface area contributed by atoms with Gasteiger partial charge >= 0.3 is 5.97 Å². The number of pyridine rings is 1. The third kappa shape index (κ3) is 3.75. The maximum absolute atomic E-state index is 11.6. The Hall–Kier alpha value is -2.99. The van der Waals surface area contributed by atoms with Gasteiger partial charge in [0.1, 0.15) is 0 Å². The van der Waals surface area contributed by atoms with Gasteiger partial charge in [-0.3, -0.25) is 9.67 Å². The molecular weight excluding hydrogens is 342 g/mol. The molecule has 0 unspecified atom stereocenters. The van der Waals surface area contributed by atoms with Crippen molar-refractivity contribution >= 4 is 5.97 Å². The van der Waals surface area contributed by atoms with Crippen molar-refractivity contribution in [2.75, 3.05) is 13.2 Å². The summed E-state index contributed by atoms with van der Waals surface area (Å²) in [5, 5.41) is 14.3. The number of hydrogen-bond acceptors (Lipinski definition) is 4. The average Bonchev–Trinajstić information content (AvgIpc) is 3.13. The zero-order valence-corrected chi connectivity index (χ0v) is 14.9. The van der Waals surface area contributed by atoms with Crippen molar-refractivity contribution in [2.45, 2.75) is 25.3 Å². The van der Waals surface area contributed by atoms with E-state index in [0.717, 1.165) is 43.0 Å². The SMILES string of the molecule is O=C(O)c1ccncc1Cc1cc(-c2ccccc2)nn1C1CCOCC1. The highest BCUT2D eigenvalue weighted by Crippen LogP contribution is 2.28. The number of rotatable bonds is 5. The fourth-order valence-electron chi connectivity index (χ4n) is 3.53. The molecule has 1 aliphatic rings. The zero-order chi connectivity index (χ0) is 18.6. The topological polar surface area (TPSA) is 77.2 Å². The predicted octanol–water partition coefficient (Wildman–Crippen LogP) is 3.59. The van der Waals surface area contributed by atoms with Crippen LogP contribution in [-0.4, -0.2) is 39.1 Å². The minimum atomic E-state index is -0.937. The third-order valence-corrected chi connectivity index (χ3v) is 4.92. The van der Waals surface area contributed by atoms with E-state index in [1.807, 2.05) is 30.3 Å². The number of aromatic carboxylic acids is 1. The number of hydrogen-bond donors (Lipinski definition) is 1. The molecular formula is C21H21N3O3. The lowest BCUT2D eigenvalue weighted by Gasteiger charge is -2.24. The second kappa shape index (κ2) is 7.72. The normalized spacial score (nSPS) is 15.0. The Morgan fingerprint density at radius 2 is 1.96 bits per heavy atom. The second-order valence-electron chi connectivity index (χ2n) is 6.69. The molecule has 27 heavy (non-hydrogen) atoms. The van der Waals surface area contributed by atoms with Crippen molar-refractivity contribution in [3.05, 3.63) is 71.7 Å². The van der Waals surface area contributed by atoms with E-state index in [0.29, 0.717) is 12.0 Å². The van der Waals surface area contributed by atoms with Gasteiger partial charge in [0.15, 0.2) is 0 Å². The Balaban J connectivity index is 1.74. The van der Waals surface area contributed by atoms with E-state index in [-0.39, 0.29) is 11.6 Å². The summed E-state index contributed by atoms with van der Waals surface area (Å²) in [5.74, 6) is -0.937. The van der Waals surface area contributed by atoms with Crippen LogP contribution in [0.3, 0.4) is 0 Å². The molecule has 1 aliphatic heterocycles. The molecule has 1 saturated heterocycles. The lowest BCUT2D eigenvalue weighted by atomic mass is 10.0. The quantitative estimate of drug-likeness (QED) is 0.750. The minimum Gasteiger partial charge on any atom is -0.478 e. The van der Waals surface area contributed by atoms with Gasteiger partial charge in [-0.05, 0) is 30.5 Å². The number of nitrogens with zero attached hydrogens (tertiary/aromatic N) is 3. The van der Waals surface area contributed by atoms with Gasteiger partial charge in [0.05, 0.1) is 17.3 Å². The van der Waals surface area contributed by atoms with E-state index >= 15 is 0 Å². The minimum absolute atomic E-state index is 0.260. The predicted molar refractivity (Wildman–Crippen MR) is 101 cm³/mol. The van der Waals surface area contributed by atoms with Crippen molar-refractivity contribution in [3.8, 4) is 11.3 Å². The lowest BCUT2D eigenvalue weighted by molar-refractivity contribution is 0.0656. The van der Waals surface area contributed by atoms with Gasteiger partial charge in [-0.1, -0.05) is 30.3 Å². The summed E-state index contributed by atoms with van der Waals surface area (Å²) < 4.78 is 7.55. The van der Waals surface area contributed by atoms with Crippen LogP contribution in [0.25, 0.3) is 11.3 Å². The molecule has 0 bridgehead atoms. The van der Waals surface area contributed by atoms with Crippen LogP contribution in [0.4, 0.5) is 0 Å². The Morgan fingerprint density at radius 1 is 1.19 bits per heavy atom. The molecule has 2 aromatic heterocycles. The summed E-state index contributed by atoms with van der Waals surface area (Å²) in [4.78, 5) is 15.7. The summed E-state index contributed by atoms with van der Waals surface area (Å²) in [6, 6.07) is 13.9. The largest absolute Gasteiger partial charge is 0.478 e. The van der Waals surface area contributed by atoms with Gasteiger partial charge in [-0.2, -0.15) is 5.10 Å². The Kier molecular flexibility index (Phi) is 4.98. The van der Waals surface area contributed by atoms with Crippen LogP contribution in [0.2, 0.25) is 0 Å². The van der Waals surface area contributed by atoms with E-state index in [4.69, 9.17) is 9.84 Å². The summed E-state index contributed by atoms with van der Waals surface area (Å²) in [5.41, 5.74) is 3.92. The highest BCUT2D eigenvalue weighted by atomic mass is 16.5. The van der Waals surface area contributed by atoms with Crippen molar-refractivity contribution < 1.29 is 14.6 Å². The van der Waals surface area contributed by atoms with Crippen LogP contribution in [0.5, 0.6) is 0 Å². The van der Waals surface area contributed by atoms with E-state index in [1.54, 1.807) is 12.3 Å². The van der Waals surface area contributed by atoms with E-state index < -0.39 is 5.97 Å². The van der Waals surface area contributed by atoms with Crippen molar-refractivity contribution in [1.82, 2.24) is 14.8 Å². The Bertz CT molecular complexity index is 931. The van der Waals surface area contributed by atoms with Gasteiger partial charge in [-0.25, -0.2) is 4.79 Å². The number of ether oxygens (including phenoxy) is 1. The van der Waals surface area contributed by atoms with Crippen molar-refractivity contribution in [3.63, 3.8) is 0 Å². The van der Waals surface area contributed by atoms with Gasteiger partial charge in [0.25, 0.3) is 0 Å². The number of carbonyl (C=O) groups is 1. The molecule has 4 rings (SSSR count). The monoisotopic (exact) mass is 363 g/mol. The molecule has 0 atom stereocenters. The van der Waals surface area contributed by atoms with Crippen LogP contribution in [0, 0.1) is 0 Å². The molecule has 6 heteroatoms. The first-order chi connectivity index (χ1) is 13.2. The third-order valence-electron chi connectivity index (χ3n) is 4.92. The second-order valence-corrected chi connectivity index (χ2v) is 6.69.